The molecule has 2 amide bonds. The Kier molecular flexibility index (Phi) is 8.52. The van der Waals surface area contributed by atoms with E-state index in [0.717, 1.165) is 23.1 Å². The molecule has 3 rings (SSSR count). The van der Waals surface area contributed by atoms with Gasteiger partial charge >= 0.3 is 6.18 Å². The van der Waals surface area contributed by atoms with Crippen LogP contribution in [0.2, 0.25) is 5.02 Å². The van der Waals surface area contributed by atoms with Gasteiger partial charge in [0.1, 0.15) is 0 Å². The first-order valence-corrected chi connectivity index (χ1v) is 11.4. The van der Waals surface area contributed by atoms with Crippen LogP contribution in [0.25, 0.3) is 0 Å². The summed E-state index contributed by atoms with van der Waals surface area (Å²) in [5.41, 5.74) is -0.101. The summed E-state index contributed by atoms with van der Waals surface area (Å²) in [7, 11) is 2.98. The summed E-state index contributed by atoms with van der Waals surface area (Å²) >= 11 is 7.08. The highest BCUT2D eigenvalue weighted by molar-refractivity contribution is 8.00. The van der Waals surface area contributed by atoms with E-state index in [1.165, 1.54) is 26.0 Å². The molecular formula is C24H20ClF3N2O4S. The molecule has 11 heteroatoms. The molecule has 0 aliphatic rings. The number of methoxy groups -OCH3 is 2. The molecule has 3 aromatic carbocycles. The summed E-state index contributed by atoms with van der Waals surface area (Å²) in [6.07, 6.45) is -4.55. The van der Waals surface area contributed by atoms with Gasteiger partial charge in [0, 0.05) is 16.1 Å². The van der Waals surface area contributed by atoms with E-state index >= 15 is 0 Å². The highest BCUT2D eigenvalue weighted by Gasteiger charge is 2.31. The molecular weight excluding hydrogens is 505 g/mol. The molecule has 35 heavy (non-hydrogen) atoms. The third kappa shape index (κ3) is 7.06. The molecule has 0 aliphatic heterocycles. The van der Waals surface area contributed by atoms with Gasteiger partial charge in [0.2, 0.25) is 5.91 Å². The van der Waals surface area contributed by atoms with E-state index in [4.69, 9.17) is 21.1 Å². The summed E-state index contributed by atoms with van der Waals surface area (Å²) in [6, 6.07) is 14.3. The van der Waals surface area contributed by atoms with Crippen molar-refractivity contribution >= 4 is 46.6 Å². The average molecular weight is 525 g/mol. The quantitative estimate of drug-likeness (QED) is 0.335. The van der Waals surface area contributed by atoms with Gasteiger partial charge in [0.25, 0.3) is 5.91 Å². The van der Waals surface area contributed by atoms with E-state index in [1.54, 1.807) is 42.5 Å². The van der Waals surface area contributed by atoms with Crippen molar-refractivity contribution in [3.63, 3.8) is 0 Å². The smallest absolute Gasteiger partial charge is 0.416 e. The van der Waals surface area contributed by atoms with Gasteiger partial charge in [-0.15, -0.1) is 11.8 Å². The molecule has 0 heterocycles. The lowest BCUT2D eigenvalue weighted by Crippen LogP contribution is -2.15. The van der Waals surface area contributed by atoms with Crippen LogP contribution in [0.4, 0.5) is 24.5 Å². The van der Waals surface area contributed by atoms with Gasteiger partial charge in [-0.3, -0.25) is 9.59 Å². The van der Waals surface area contributed by atoms with Gasteiger partial charge in [-0.2, -0.15) is 13.2 Å². The molecule has 0 bridgehead atoms. The lowest BCUT2D eigenvalue weighted by Gasteiger charge is -2.12. The van der Waals surface area contributed by atoms with Crippen molar-refractivity contribution < 1.29 is 32.2 Å². The van der Waals surface area contributed by atoms with Gasteiger partial charge in [-0.1, -0.05) is 11.6 Å². The zero-order valence-electron chi connectivity index (χ0n) is 18.5. The molecule has 2 N–H and O–H groups in total. The zero-order chi connectivity index (χ0) is 25.6. The lowest BCUT2D eigenvalue weighted by molar-refractivity contribution is -0.137. The number of amides is 2. The van der Waals surface area contributed by atoms with Gasteiger partial charge in [0.05, 0.1) is 36.2 Å². The fourth-order valence-corrected chi connectivity index (χ4v) is 3.81. The SMILES string of the molecule is COc1ccc(C(=O)Nc2ccc(SCC(=O)Nc3cc(C(F)(F)F)ccc3Cl)cc2)cc1OC. The van der Waals surface area contributed by atoms with Crippen LogP contribution >= 0.6 is 23.4 Å². The number of carbonyl (C=O) groups excluding carboxylic acids is 2. The van der Waals surface area contributed by atoms with Crippen molar-refractivity contribution in [1.82, 2.24) is 0 Å². The van der Waals surface area contributed by atoms with Crippen LogP contribution in [-0.4, -0.2) is 31.8 Å². The maximum Gasteiger partial charge on any atom is 0.416 e. The van der Waals surface area contributed by atoms with Crippen LogP contribution in [0.5, 0.6) is 11.5 Å². The third-order valence-electron chi connectivity index (χ3n) is 4.70. The molecule has 0 aromatic heterocycles. The number of anilines is 2. The first-order chi connectivity index (χ1) is 16.6. The molecule has 0 saturated carbocycles. The van der Waals surface area contributed by atoms with Gasteiger partial charge in [0.15, 0.2) is 11.5 Å². The van der Waals surface area contributed by atoms with E-state index < -0.39 is 17.6 Å². The fraction of sp³-hybridized carbons (Fsp3) is 0.167. The minimum absolute atomic E-state index is 0.00549. The zero-order valence-corrected chi connectivity index (χ0v) is 20.1. The number of alkyl halides is 3. The minimum atomic E-state index is -4.55. The molecule has 3 aromatic rings. The Morgan fingerprint density at radius 1 is 0.914 bits per heavy atom. The number of hydrogen-bond donors (Lipinski definition) is 2. The highest BCUT2D eigenvalue weighted by Crippen LogP contribution is 2.34. The Balaban J connectivity index is 1.56. The molecule has 0 saturated heterocycles. The van der Waals surface area contributed by atoms with E-state index in [1.807, 2.05) is 0 Å². The fourth-order valence-electron chi connectivity index (χ4n) is 2.95. The van der Waals surface area contributed by atoms with Crippen molar-refractivity contribution in [3.05, 3.63) is 76.8 Å². The summed E-state index contributed by atoms with van der Waals surface area (Å²) in [6.45, 7) is 0. The van der Waals surface area contributed by atoms with E-state index in [2.05, 4.69) is 10.6 Å². The number of carbonyl (C=O) groups is 2. The van der Waals surface area contributed by atoms with Crippen molar-refractivity contribution in [2.24, 2.45) is 0 Å². The number of ether oxygens (including phenoxy) is 2. The van der Waals surface area contributed by atoms with Crippen LogP contribution in [0, 0.1) is 0 Å². The Hall–Kier alpha value is -3.37. The molecule has 0 aliphatic carbocycles. The van der Waals surface area contributed by atoms with E-state index in [-0.39, 0.29) is 22.4 Å². The Bertz CT molecular complexity index is 1220. The third-order valence-corrected chi connectivity index (χ3v) is 6.04. The van der Waals surface area contributed by atoms with Crippen LogP contribution in [0.3, 0.4) is 0 Å². The predicted octanol–water partition coefficient (Wildman–Crippen LogP) is 6.36. The Morgan fingerprint density at radius 3 is 2.23 bits per heavy atom. The first kappa shape index (κ1) is 26.2. The van der Waals surface area contributed by atoms with Crippen molar-refractivity contribution in [1.29, 1.82) is 0 Å². The van der Waals surface area contributed by atoms with Crippen LogP contribution < -0.4 is 20.1 Å². The van der Waals surface area contributed by atoms with Crippen molar-refractivity contribution in [2.75, 3.05) is 30.6 Å². The Morgan fingerprint density at radius 2 is 1.60 bits per heavy atom. The van der Waals surface area contributed by atoms with Crippen molar-refractivity contribution in [3.8, 4) is 11.5 Å². The maximum atomic E-state index is 12.9. The number of rotatable bonds is 8. The summed E-state index contributed by atoms with van der Waals surface area (Å²) in [4.78, 5) is 25.5. The highest BCUT2D eigenvalue weighted by atomic mass is 35.5. The predicted molar refractivity (Wildman–Crippen MR) is 130 cm³/mol. The van der Waals surface area contributed by atoms with Crippen molar-refractivity contribution in [2.45, 2.75) is 11.1 Å². The molecule has 6 nitrogen and oxygen atoms in total. The molecule has 0 unspecified atom stereocenters. The number of halogens is 4. The number of thioether (sulfide) groups is 1. The van der Waals surface area contributed by atoms with E-state index in [9.17, 15) is 22.8 Å². The summed E-state index contributed by atoms with van der Waals surface area (Å²) in [5.74, 6) is 0.0244. The Labute approximate surface area is 208 Å². The summed E-state index contributed by atoms with van der Waals surface area (Å²) < 4.78 is 49.0. The molecule has 0 fully saturated rings. The van der Waals surface area contributed by atoms with Crippen LogP contribution in [0.1, 0.15) is 15.9 Å². The molecule has 0 radical (unpaired) electrons. The van der Waals surface area contributed by atoms with Crippen LogP contribution in [-0.2, 0) is 11.0 Å². The minimum Gasteiger partial charge on any atom is -0.493 e. The van der Waals surface area contributed by atoms with Gasteiger partial charge < -0.3 is 20.1 Å². The summed E-state index contributed by atoms with van der Waals surface area (Å²) in [5, 5.41) is 5.17. The largest absolute Gasteiger partial charge is 0.493 e. The maximum absolute atomic E-state index is 12.9. The topological polar surface area (TPSA) is 76.7 Å². The molecule has 184 valence electrons. The second-order valence-corrected chi connectivity index (χ2v) is 8.53. The second-order valence-electron chi connectivity index (χ2n) is 7.08. The van der Waals surface area contributed by atoms with E-state index in [0.29, 0.717) is 22.7 Å². The standard InChI is InChI=1S/C24H20ClF3N2O4S/c1-33-20-10-3-14(11-21(20)34-2)23(32)29-16-5-7-17(8-6-16)35-13-22(31)30-19-12-15(24(26,27)28)4-9-18(19)25/h3-12H,13H2,1-2H3,(H,29,32)(H,30,31). The monoisotopic (exact) mass is 524 g/mol. The van der Waals surface area contributed by atoms with Gasteiger partial charge in [-0.25, -0.2) is 0 Å². The lowest BCUT2D eigenvalue weighted by atomic mass is 10.2. The molecule has 0 spiro atoms. The molecule has 0 atom stereocenters. The number of hydrogen-bond acceptors (Lipinski definition) is 5. The number of benzene rings is 3. The second kappa shape index (κ2) is 11.4. The first-order valence-electron chi connectivity index (χ1n) is 10.0. The average Bonchev–Trinajstić information content (AvgIpc) is 2.83. The number of nitrogens with one attached hydrogen (secondary N) is 2. The van der Waals surface area contributed by atoms with Crippen LogP contribution in [0.15, 0.2) is 65.6 Å². The normalized spacial score (nSPS) is 11.0. The van der Waals surface area contributed by atoms with Gasteiger partial charge in [-0.05, 0) is 60.7 Å².